The van der Waals surface area contributed by atoms with Gasteiger partial charge >= 0.3 is 0 Å². The fourth-order valence-electron chi connectivity index (χ4n) is 4.95. The van der Waals surface area contributed by atoms with Crippen LogP contribution in [-0.4, -0.2) is 45.9 Å². The Bertz CT molecular complexity index is 1330. The normalized spacial score (nSPS) is 17.3. The van der Waals surface area contributed by atoms with Crippen LogP contribution in [-0.2, 0) is 10.0 Å². The van der Waals surface area contributed by atoms with E-state index in [1.807, 2.05) is 6.92 Å². The Hall–Kier alpha value is -3.53. The van der Waals surface area contributed by atoms with Crippen LogP contribution in [0, 0.1) is 5.92 Å². The SMILES string of the molecule is C[C@@H](CC1CCCC1)N1C(=O)c2cccc(NS(=O)(=O)c3ccc(-n4cncn4)cc3)c2C1=O. The van der Waals surface area contributed by atoms with Crippen molar-refractivity contribution in [3.05, 3.63) is 66.2 Å². The number of hydrogen-bond acceptors (Lipinski definition) is 6. The fraction of sp³-hybridized carbons (Fsp3) is 0.333. The molecule has 9 nitrogen and oxygen atoms in total. The molecule has 1 fully saturated rings. The van der Waals surface area contributed by atoms with Crippen LogP contribution < -0.4 is 4.72 Å². The van der Waals surface area contributed by atoms with Gasteiger partial charge in [0.05, 0.1) is 27.4 Å². The molecule has 2 aromatic carbocycles. The zero-order valence-corrected chi connectivity index (χ0v) is 19.5. The largest absolute Gasteiger partial charge is 0.279 e. The number of sulfonamides is 1. The molecule has 0 unspecified atom stereocenters. The van der Waals surface area contributed by atoms with Gasteiger partial charge in [-0.1, -0.05) is 31.7 Å². The first-order valence-electron chi connectivity index (χ1n) is 11.3. The van der Waals surface area contributed by atoms with Crippen molar-refractivity contribution in [2.24, 2.45) is 5.92 Å². The number of fused-ring (bicyclic) bond motifs is 1. The van der Waals surface area contributed by atoms with Gasteiger partial charge in [-0.05, 0) is 55.7 Å². The summed E-state index contributed by atoms with van der Waals surface area (Å²) < 4.78 is 30.2. The summed E-state index contributed by atoms with van der Waals surface area (Å²) in [5.74, 6) is -0.313. The Labute approximate surface area is 197 Å². The highest BCUT2D eigenvalue weighted by Gasteiger charge is 2.41. The van der Waals surface area contributed by atoms with Gasteiger partial charge in [-0.25, -0.2) is 18.1 Å². The third-order valence-corrected chi connectivity index (χ3v) is 7.99. The van der Waals surface area contributed by atoms with E-state index in [4.69, 9.17) is 0 Å². The number of hydrogen-bond donors (Lipinski definition) is 1. The first-order chi connectivity index (χ1) is 16.3. The Morgan fingerprint density at radius 1 is 1.06 bits per heavy atom. The van der Waals surface area contributed by atoms with Crippen LogP contribution in [0.3, 0.4) is 0 Å². The summed E-state index contributed by atoms with van der Waals surface area (Å²) in [7, 11) is -4.00. The Kier molecular flexibility index (Phi) is 5.68. The highest BCUT2D eigenvalue weighted by atomic mass is 32.2. The zero-order chi connectivity index (χ0) is 23.9. The van der Waals surface area contributed by atoms with Gasteiger partial charge in [0, 0.05) is 6.04 Å². The van der Waals surface area contributed by atoms with Gasteiger partial charge in [0.15, 0.2) is 0 Å². The third-order valence-electron chi connectivity index (χ3n) is 6.61. The maximum Gasteiger partial charge on any atom is 0.263 e. The van der Waals surface area contributed by atoms with Crippen LogP contribution in [0.25, 0.3) is 5.69 Å². The standard InChI is InChI=1S/C24H25N5O4S/c1-16(13-17-5-2-3-6-17)29-23(30)20-7-4-8-21(22(20)24(29)31)27-34(32,33)19-11-9-18(10-12-19)28-15-25-14-26-28/h4,7-12,14-17,27H,2-3,5-6,13H2,1H3/t16-/m0/s1. The molecule has 34 heavy (non-hydrogen) atoms. The van der Waals surface area contributed by atoms with Gasteiger partial charge < -0.3 is 0 Å². The summed E-state index contributed by atoms with van der Waals surface area (Å²) in [6.45, 7) is 1.89. The topological polar surface area (TPSA) is 114 Å². The molecule has 5 rings (SSSR count). The third kappa shape index (κ3) is 3.98. The molecule has 1 saturated carbocycles. The lowest BCUT2D eigenvalue weighted by Crippen LogP contribution is -2.39. The quantitative estimate of drug-likeness (QED) is 0.518. The lowest BCUT2D eigenvalue weighted by atomic mass is 9.98. The average Bonchev–Trinajstić information content (AvgIpc) is 3.57. The molecule has 1 aliphatic carbocycles. The summed E-state index contributed by atoms with van der Waals surface area (Å²) >= 11 is 0. The second-order valence-electron chi connectivity index (χ2n) is 8.88. The average molecular weight is 480 g/mol. The molecule has 2 heterocycles. The minimum absolute atomic E-state index is 0.0252. The molecule has 10 heteroatoms. The first-order valence-corrected chi connectivity index (χ1v) is 12.8. The fourth-order valence-corrected chi connectivity index (χ4v) is 6.02. The van der Waals surface area contributed by atoms with Gasteiger partial charge in [-0.2, -0.15) is 5.10 Å². The number of carbonyl (C=O) groups excluding carboxylic acids is 2. The van der Waals surface area contributed by atoms with E-state index < -0.39 is 15.9 Å². The van der Waals surface area contributed by atoms with E-state index in [9.17, 15) is 18.0 Å². The first kappa shape index (κ1) is 22.3. The Morgan fingerprint density at radius 3 is 2.47 bits per heavy atom. The van der Waals surface area contributed by atoms with Crippen molar-refractivity contribution in [1.29, 1.82) is 0 Å². The van der Waals surface area contributed by atoms with E-state index in [1.165, 1.54) is 53.3 Å². The van der Waals surface area contributed by atoms with Crippen LogP contribution in [0.2, 0.25) is 0 Å². The number of imide groups is 1. The van der Waals surface area contributed by atoms with Crippen molar-refractivity contribution in [1.82, 2.24) is 19.7 Å². The van der Waals surface area contributed by atoms with Gasteiger partial charge in [0.1, 0.15) is 12.7 Å². The summed E-state index contributed by atoms with van der Waals surface area (Å²) in [5, 5.41) is 4.02. The highest BCUT2D eigenvalue weighted by Crippen LogP contribution is 2.35. The lowest BCUT2D eigenvalue weighted by molar-refractivity contribution is 0.0578. The molecular formula is C24H25N5O4S. The summed E-state index contributed by atoms with van der Waals surface area (Å²) in [5.41, 5.74) is 1.09. The lowest BCUT2D eigenvalue weighted by Gasteiger charge is -2.25. The molecule has 3 aromatic rings. The number of rotatable bonds is 7. The van der Waals surface area contributed by atoms with E-state index in [1.54, 1.807) is 24.3 Å². The van der Waals surface area contributed by atoms with Gasteiger partial charge in [-0.3, -0.25) is 19.2 Å². The zero-order valence-electron chi connectivity index (χ0n) is 18.7. The van der Waals surface area contributed by atoms with Gasteiger partial charge in [0.25, 0.3) is 21.8 Å². The van der Waals surface area contributed by atoms with Crippen LogP contribution >= 0.6 is 0 Å². The number of nitrogens with zero attached hydrogens (tertiary/aromatic N) is 4. The molecule has 0 saturated heterocycles. The highest BCUT2D eigenvalue weighted by molar-refractivity contribution is 7.92. The maximum atomic E-state index is 13.3. The molecule has 1 N–H and O–H groups in total. The minimum Gasteiger partial charge on any atom is -0.279 e. The van der Waals surface area contributed by atoms with Crippen molar-refractivity contribution in [3.8, 4) is 5.69 Å². The molecule has 0 radical (unpaired) electrons. The van der Waals surface area contributed by atoms with Crippen molar-refractivity contribution in [2.45, 2.75) is 50.0 Å². The van der Waals surface area contributed by atoms with Gasteiger partial charge in [0.2, 0.25) is 0 Å². The molecule has 1 aliphatic heterocycles. The molecule has 176 valence electrons. The second-order valence-corrected chi connectivity index (χ2v) is 10.6. The predicted octanol–water partition coefficient (Wildman–Crippen LogP) is 3.63. The summed E-state index contributed by atoms with van der Waals surface area (Å²) in [4.78, 5) is 31.6. The van der Waals surface area contributed by atoms with Crippen LogP contribution in [0.5, 0.6) is 0 Å². The maximum absolute atomic E-state index is 13.3. The van der Waals surface area contributed by atoms with E-state index in [2.05, 4.69) is 14.8 Å². The molecule has 0 bridgehead atoms. The minimum atomic E-state index is -4.00. The molecule has 2 aliphatic rings. The van der Waals surface area contributed by atoms with E-state index >= 15 is 0 Å². The van der Waals surface area contributed by atoms with Gasteiger partial charge in [-0.15, -0.1) is 0 Å². The number of carbonyl (C=O) groups is 2. The van der Waals surface area contributed by atoms with Crippen LogP contribution in [0.4, 0.5) is 5.69 Å². The molecule has 1 aromatic heterocycles. The molecule has 0 spiro atoms. The monoisotopic (exact) mass is 479 g/mol. The van der Waals surface area contributed by atoms with Crippen molar-refractivity contribution >= 4 is 27.5 Å². The second kappa shape index (κ2) is 8.68. The molecule has 1 atom stereocenters. The smallest absolute Gasteiger partial charge is 0.263 e. The molecular weight excluding hydrogens is 454 g/mol. The number of amides is 2. The Balaban J connectivity index is 1.39. The van der Waals surface area contributed by atoms with E-state index in [0.29, 0.717) is 11.6 Å². The van der Waals surface area contributed by atoms with Crippen LogP contribution in [0.15, 0.2) is 60.0 Å². The van der Waals surface area contributed by atoms with E-state index in [-0.39, 0.29) is 33.7 Å². The number of benzene rings is 2. The Morgan fingerprint density at radius 2 is 1.79 bits per heavy atom. The van der Waals surface area contributed by atoms with Crippen molar-refractivity contribution < 1.29 is 18.0 Å². The number of anilines is 1. The van der Waals surface area contributed by atoms with E-state index in [0.717, 1.165) is 19.3 Å². The number of aromatic nitrogens is 3. The van der Waals surface area contributed by atoms with Crippen LogP contribution in [0.1, 0.15) is 59.7 Å². The summed E-state index contributed by atoms with van der Waals surface area (Å²) in [6, 6.07) is 10.5. The number of nitrogens with one attached hydrogen (secondary N) is 1. The molecule has 2 amide bonds. The predicted molar refractivity (Wildman–Crippen MR) is 125 cm³/mol. The van der Waals surface area contributed by atoms with Crippen molar-refractivity contribution in [2.75, 3.05) is 4.72 Å². The summed E-state index contributed by atoms with van der Waals surface area (Å²) in [6.07, 6.45) is 8.28. The van der Waals surface area contributed by atoms with Crippen molar-refractivity contribution in [3.63, 3.8) is 0 Å².